The zero-order valence-corrected chi connectivity index (χ0v) is 4.63. The summed E-state index contributed by atoms with van der Waals surface area (Å²) in [7, 11) is 0. The number of carbonyl (C=O) groups is 1. The maximum absolute atomic E-state index is 10.0. The van der Waals surface area contributed by atoms with Crippen LogP contribution >= 0.6 is 0 Å². The van der Waals surface area contributed by atoms with E-state index >= 15 is 0 Å². The summed E-state index contributed by atoms with van der Waals surface area (Å²) < 4.78 is 0. The van der Waals surface area contributed by atoms with E-state index in [0.29, 0.717) is 0 Å². The summed E-state index contributed by atoms with van der Waals surface area (Å²) in [5.74, 6) is 0. The maximum Gasteiger partial charge on any atom is 0.140 e. The molecule has 0 aliphatic carbocycles. The first-order valence-corrected chi connectivity index (χ1v) is 2.79. The molecule has 0 saturated carbocycles. The topological polar surface area (TPSA) is 29.1 Å². The molecule has 44 valence electrons. The molecule has 0 bridgehead atoms. The van der Waals surface area contributed by atoms with Crippen LogP contribution in [-0.2, 0) is 4.79 Å². The number of carbonyl (C=O) groups excluding carboxylic acids is 1. The van der Waals surface area contributed by atoms with Crippen LogP contribution in [0.3, 0.4) is 0 Å². The molecule has 0 spiro atoms. The van der Waals surface area contributed by atoms with Gasteiger partial charge in [0.2, 0.25) is 0 Å². The number of rotatable bonds is 1. The van der Waals surface area contributed by atoms with Gasteiger partial charge in [0.25, 0.3) is 0 Å². The molecule has 8 heavy (non-hydrogen) atoms. The largest absolute Gasteiger partial charge is 0.304 e. The van der Waals surface area contributed by atoms with Crippen LogP contribution in [0.4, 0.5) is 0 Å². The Morgan fingerprint density at radius 1 is 1.75 bits per heavy atom. The van der Waals surface area contributed by atoms with E-state index in [-0.39, 0.29) is 6.04 Å². The van der Waals surface area contributed by atoms with Crippen LogP contribution in [0.15, 0.2) is 12.2 Å². The molecule has 1 atom stereocenters. The lowest BCUT2D eigenvalue weighted by molar-refractivity contribution is -0.108. The van der Waals surface area contributed by atoms with E-state index < -0.39 is 0 Å². The van der Waals surface area contributed by atoms with Gasteiger partial charge in [0.15, 0.2) is 0 Å². The van der Waals surface area contributed by atoms with Crippen molar-refractivity contribution in [2.45, 2.75) is 12.5 Å². The first-order chi connectivity index (χ1) is 3.93. The fraction of sp³-hybridized carbons (Fsp3) is 0.500. The highest BCUT2D eigenvalue weighted by molar-refractivity contribution is 5.61. The lowest BCUT2D eigenvalue weighted by Gasteiger charge is -2.10. The van der Waals surface area contributed by atoms with E-state index in [1.807, 2.05) is 12.2 Å². The molecule has 0 aromatic heterocycles. The summed E-state index contributed by atoms with van der Waals surface area (Å²) in [5, 5.41) is 3.01. The normalized spacial score (nSPS) is 27.8. The van der Waals surface area contributed by atoms with Gasteiger partial charge in [0.1, 0.15) is 6.29 Å². The van der Waals surface area contributed by atoms with Gasteiger partial charge < -0.3 is 10.1 Å². The van der Waals surface area contributed by atoms with E-state index in [0.717, 1.165) is 19.3 Å². The van der Waals surface area contributed by atoms with E-state index in [4.69, 9.17) is 0 Å². The van der Waals surface area contributed by atoms with Crippen molar-refractivity contribution in [3.8, 4) is 0 Å². The molecule has 0 fully saturated rings. The van der Waals surface area contributed by atoms with Gasteiger partial charge in [-0.2, -0.15) is 0 Å². The van der Waals surface area contributed by atoms with Crippen molar-refractivity contribution in [1.82, 2.24) is 5.32 Å². The Morgan fingerprint density at radius 2 is 2.62 bits per heavy atom. The fourth-order valence-electron chi connectivity index (χ4n) is 0.738. The standard InChI is InChI=1S/C6H9NO/c8-5-6-3-1-2-4-7-6/h1,3,5-7H,2,4H2. The van der Waals surface area contributed by atoms with Gasteiger partial charge in [-0.1, -0.05) is 12.2 Å². The lowest BCUT2D eigenvalue weighted by Crippen LogP contribution is -2.31. The zero-order valence-electron chi connectivity index (χ0n) is 4.63. The summed E-state index contributed by atoms with van der Waals surface area (Å²) in [6, 6.07) is -0.0243. The summed E-state index contributed by atoms with van der Waals surface area (Å²) in [6.07, 6.45) is 5.87. The Bertz CT molecular complexity index is 109. The van der Waals surface area contributed by atoms with Crippen molar-refractivity contribution in [1.29, 1.82) is 0 Å². The molecule has 0 radical (unpaired) electrons. The second kappa shape index (κ2) is 2.62. The van der Waals surface area contributed by atoms with Gasteiger partial charge >= 0.3 is 0 Å². The first kappa shape index (κ1) is 5.51. The minimum atomic E-state index is -0.0243. The Kier molecular flexibility index (Phi) is 1.80. The minimum absolute atomic E-state index is 0.0243. The van der Waals surface area contributed by atoms with Crippen LogP contribution in [0, 0.1) is 0 Å². The summed E-state index contributed by atoms with van der Waals surface area (Å²) in [6.45, 7) is 0.930. The first-order valence-electron chi connectivity index (χ1n) is 2.79. The van der Waals surface area contributed by atoms with Crippen LogP contribution in [0.25, 0.3) is 0 Å². The number of hydrogen-bond acceptors (Lipinski definition) is 2. The molecule has 1 aliphatic heterocycles. The van der Waals surface area contributed by atoms with Crippen molar-refractivity contribution in [3.05, 3.63) is 12.2 Å². The Balaban J connectivity index is 2.42. The molecule has 1 N–H and O–H groups in total. The van der Waals surface area contributed by atoms with Crippen molar-refractivity contribution in [3.63, 3.8) is 0 Å². The van der Waals surface area contributed by atoms with Crippen LogP contribution in [0.1, 0.15) is 6.42 Å². The Hall–Kier alpha value is -0.630. The average molecular weight is 111 g/mol. The predicted molar refractivity (Wildman–Crippen MR) is 31.6 cm³/mol. The molecule has 0 amide bonds. The van der Waals surface area contributed by atoms with Crippen molar-refractivity contribution in [2.24, 2.45) is 0 Å². The minimum Gasteiger partial charge on any atom is -0.304 e. The molecule has 0 aromatic rings. The summed E-state index contributed by atoms with van der Waals surface area (Å²) in [5.41, 5.74) is 0. The van der Waals surface area contributed by atoms with Gasteiger partial charge in [-0.05, 0) is 13.0 Å². The van der Waals surface area contributed by atoms with Gasteiger partial charge in [-0.15, -0.1) is 0 Å². The van der Waals surface area contributed by atoms with Gasteiger partial charge in [-0.3, -0.25) is 0 Å². The third-order valence-corrected chi connectivity index (χ3v) is 1.18. The number of aldehydes is 1. The predicted octanol–water partition coefficient (Wildman–Crippen LogP) is 0.103. The highest BCUT2D eigenvalue weighted by Gasteiger charge is 2.02. The highest BCUT2D eigenvalue weighted by atomic mass is 16.1. The average Bonchev–Trinajstić information content (AvgIpc) is 1.90. The molecular formula is C6H9NO. The monoisotopic (exact) mass is 111 g/mol. The lowest BCUT2D eigenvalue weighted by atomic mass is 10.2. The maximum atomic E-state index is 10.0. The summed E-state index contributed by atoms with van der Waals surface area (Å²) >= 11 is 0. The third kappa shape index (κ3) is 1.17. The molecular weight excluding hydrogens is 102 g/mol. The third-order valence-electron chi connectivity index (χ3n) is 1.18. The van der Waals surface area contributed by atoms with E-state index in [9.17, 15) is 4.79 Å². The Labute approximate surface area is 48.6 Å². The molecule has 2 nitrogen and oxygen atoms in total. The SMILES string of the molecule is O=CC1C=CCCN1. The van der Waals surface area contributed by atoms with Crippen molar-refractivity contribution >= 4 is 6.29 Å². The molecule has 1 rings (SSSR count). The van der Waals surface area contributed by atoms with Crippen molar-refractivity contribution in [2.75, 3.05) is 6.54 Å². The Morgan fingerprint density at radius 3 is 3.00 bits per heavy atom. The van der Waals surface area contributed by atoms with Gasteiger partial charge in [-0.25, -0.2) is 0 Å². The molecule has 0 aromatic carbocycles. The van der Waals surface area contributed by atoms with Crippen LogP contribution in [0.5, 0.6) is 0 Å². The molecule has 1 aliphatic rings. The summed E-state index contributed by atoms with van der Waals surface area (Å²) in [4.78, 5) is 10.0. The van der Waals surface area contributed by atoms with E-state index in [2.05, 4.69) is 5.32 Å². The fourth-order valence-corrected chi connectivity index (χ4v) is 0.738. The van der Waals surface area contributed by atoms with Crippen molar-refractivity contribution < 1.29 is 4.79 Å². The number of hydrogen-bond donors (Lipinski definition) is 1. The molecule has 0 saturated heterocycles. The van der Waals surface area contributed by atoms with Crippen LogP contribution < -0.4 is 5.32 Å². The van der Waals surface area contributed by atoms with E-state index in [1.54, 1.807) is 0 Å². The van der Waals surface area contributed by atoms with Crippen LogP contribution in [-0.4, -0.2) is 18.9 Å². The second-order valence-electron chi connectivity index (χ2n) is 1.83. The quantitative estimate of drug-likeness (QED) is 0.384. The highest BCUT2D eigenvalue weighted by Crippen LogP contribution is 1.92. The van der Waals surface area contributed by atoms with E-state index in [1.165, 1.54) is 0 Å². The van der Waals surface area contributed by atoms with Crippen LogP contribution in [0.2, 0.25) is 0 Å². The van der Waals surface area contributed by atoms with Gasteiger partial charge in [0, 0.05) is 0 Å². The molecule has 1 unspecified atom stereocenters. The second-order valence-corrected chi connectivity index (χ2v) is 1.83. The molecule has 2 heteroatoms. The molecule has 1 heterocycles. The number of nitrogens with one attached hydrogen (secondary N) is 1. The smallest absolute Gasteiger partial charge is 0.140 e. The van der Waals surface area contributed by atoms with Gasteiger partial charge in [0.05, 0.1) is 6.04 Å². The zero-order chi connectivity index (χ0) is 5.82.